The van der Waals surface area contributed by atoms with Gasteiger partial charge in [-0.05, 0) is 65.0 Å². The average Bonchev–Trinajstić information content (AvgIpc) is 3.45. The fourth-order valence-electron chi connectivity index (χ4n) is 5.47. The zero-order chi connectivity index (χ0) is 25.8. The van der Waals surface area contributed by atoms with Gasteiger partial charge in [0.15, 0.2) is 6.61 Å². The highest BCUT2D eigenvalue weighted by molar-refractivity contribution is 6.30. The predicted molar refractivity (Wildman–Crippen MR) is 127 cm³/mol. The first kappa shape index (κ1) is 24.8. The van der Waals surface area contributed by atoms with Crippen LogP contribution in [0.1, 0.15) is 70.6 Å². The average molecular weight is 521 g/mol. The third kappa shape index (κ3) is 4.75. The molecule has 0 radical (unpaired) electrons. The summed E-state index contributed by atoms with van der Waals surface area (Å²) in [5, 5.41) is 11.7. The SMILES string of the molecule is C[C@H]1C(c2nnc([C@H]3CC4(NC(=O)COc5ccc(Cl)c(F)c5)CC3C4)o2)CN1C(=O)OC(C)(C)C. The Balaban J connectivity index is 1.13. The molecule has 9 nitrogen and oxygen atoms in total. The molecular formula is C25H30ClFN4O5. The number of benzene rings is 1. The number of amides is 2. The van der Waals surface area contributed by atoms with Gasteiger partial charge in [0.1, 0.15) is 17.2 Å². The van der Waals surface area contributed by atoms with E-state index in [1.54, 1.807) is 4.90 Å². The van der Waals surface area contributed by atoms with E-state index in [4.69, 9.17) is 25.5 Å². The van der Waals surface area contributed by atoms with E-state index in [1.165, 1.54) is 12.1 Å². The van der Waals surface area contributed by atoms with Crippen molar-refractivity contribution < 1.29 is 27.9 Å². The standard InChI is InChI=1S/C25H30ClFN4O5/c1-13-17(11-31(13)23(33)36-24(2,3)4)22-30-29-21(35-22)16-10-25(8-14(16)9-25)28-20(32)12-34-15-5-6-18(26)19(27)7-15/h5-7,13-14,16-17H,8-12H2,1-4H3,(H,28,32)/t13-,14?,16-,17?,25?/m0/s1. The second-order valence-electron chi connectivity index (χ2n) is 11.1. The number of ether oxygens (including phenoxy) is 2. The largest absolute Gasteiger partial charge is 0.484 e. The Hall–Kier alpha value is -2.88. The highest BCUT2D eigenvalue weighted by atomic mass is 35.5. The molecule has 36 heavy (non-hydrogen) atoms. The van der Waals surface area contributed by atoms with Gasteiger partial charge in [-0.3, -0.25) is 4.79 Å². The lowest BCUT2D eigenvalue weighted by Gasteiger charge is -2.44. The minimum absolute atomic E-state index is 0.000451. The lowest BCUT2D eigenvalue weighted by atomic mass is 9.76. The summed E-state index contributed by atoms with van der Waals surface area (Å²) in [5.41, 5.74) is -0.860. The minimum Gasteiger partial charge on any atom is -0.484 e. The molecule has 4 aliphatic rings. The molecule has 2 bridgehead atoms. The molecule has 1 unspecified atom stereocenters. The monoisotopic (exact) mass is 520 g/mol. The second kappa shape index (κ2) is 8.90. The Morgan fingerprint density at radius 2 is 1.92 bits per heavy atom. The van der Waals surface area contributed by atoms with Crippen molar-refractivity contribution in [3.8, 4) is 5.75 Å². The molecule has 2 heterocycles. The van der Waals surface area contributed by atoms with Gasteiger partial charge in [-0.2, -0.15) is 0 Å². The third-order valence-electron chi connectivity index (χ3n) is 7.34. The van der Waals surface area contributed by atoms with Crippen molar-refractivity contribution >= 4 is 23.6 Å². The van der Waals surface area contributed by atoms with Crippen molar-refractivity contribution in [2.75, 3.05) is 13.2 Å². The van der Waals surface area contributed by atoms with E-state index in [0.717, 1.165) is 18.9 Å². The summed E-state index contributed by atoms with van der Waals surface area (Å²) < 4.78 is 30.5. The Bertz CT molecular complexity index is 1180. The molecule has 1 aromatic carbocycles. The molecule has 11 heteroatoms. The minimum atomic E-state index is -0.596. The molecular weight excluding hydrogens is 491 g/mol. The number of carbonyl (C=O) groups is 2. The van der Waals surface area contributed by atoms with E-state index >= 15 is 0 Å². The molecule has 3 aliphatic carbocycles. The van der Waals surface area contributed by atoms with Crippen LogP contribution in [0.25, 0.3) is 0 Å². The summed E-state index contributed by atoms with van der Waals surface area (Å²) in [6.07, 6.45) is 2.04. The molecule has 194 valence electrons. The first-order valence-corrected chi connectivity index (χ1v) is 12.5. The van der Waals surface area contributed by atoms with E-state index in [-0.39, 0.29) is 52.8 Å². The molecule has 4 fully saturated rings. The molecule has 1 aliphatic heterocycles. The maximum Gasteiger partial charge on any atom is 0.410 e. The van der Waals surface area contributed by atoms with Gasteiger partial charge in [0.25, 0.3) is 5.91 Å². The molecule has 2 aromatic rings. The highest BCUT2D eigenvalue weighted by Crippen LogP contribution is 2.59. The lowest BCUT2D eigenvalue weighted by Crippen LogP contribution is -2.56. The fourth-order valence-corrected chi connectivity index (χ4v) is 5.59. The number of rotatable bonds is 6. The molecule has 1 aromatic heterocycles. The first-order valence-electron chi connectivity index (χ1n) is 12.1. The second-order valence-corrected chi connectivity index (χ2v) is 11.5. The van der Waals surface area contributed by atoms with E-state index in [9.17, 15) is 14.0 Å². The van der Waals surface area contributed by atoms with E-state index in [2.05, 4.69) is 15.5 Å². The maximum atomic E-state index is 13.6. The van der Waals surface area contributed by atoms with Gasteiger partial charge >= 0.3 is 6.09 Å². The van der Waals surface area contributed by atoms with Gasteiger partial charge in [-0.25, -0.2) is 9.18 Å². The van der Waals surface area contributed by atoms with Crippen LogP contribution in [0, 0.1) is 11.7 Å². The quantitative estimate of drug-likeness (QED) is 0.601. The summed E-state index contributed by atoms with van der Waals surface area (Å²) in [6, 6.07) is 3.97. The van der Waals surface area contributed by atoms with Crippen LogP contribution in [0.15, 0.2) is 22.6 Å². The van der Waals surface area contributed by atoms with E-state index in [0.29, 0.717) is 30.7 Å². The van der Waals surface area contributed by atoms with Crippen LogP contribution >= 0.6 is 11.6 Å². The van der Waals surface area contributed by atoms with Gasteiger partial charge in [-0.15, -0.1) is 10.2 Å². The molecule has 0 spiro atoms. The molecule has 3 saturated carbocycles. The Kier molecular flexibility index (Phi) is 6.13. The summed E-state index contributed by atoms with van der Waals surface area (Å²) in [6.45, 7) is 7.73. The summed E-state index contributed by atoms with van der Waals surface area (Å²) >= 11 is 5.67. The van der Waals surface area contributed by atoms with Crippen molar-refractivity contribution in [3.05, 3.63) is 40.8 Å². The first-order chi connectivity index (χ1) is 16.9. The number of likely N-dealkylation sites (tertiary alicyclic amines) is 1. The van der Waals surface area contributed by atoms with Crippen LogP contribution in [0.4, 0.5) is 9.18 Å². The number of hydrogen-bond acceptors (Lipinski definition) is 7. The lowest BCUT2D eigenvalue weighted by molar-refractivity contribution is -0.125. The molecule has 1 N–H and O–H groups in total. The summed E-state index contributed by atoms with van der Waals surface area (Å²) in [4.78, 5) is 26.5. The Labute approximate surface area is 213 Å². The highest BCUT2D eigenvalue weighted by Gasteiger charge is 2.59. The van der Waals surface area contributed by atoms with Crippen molar-refractivity contribution in [3.63, 3.8) is 0 Å². The number of hydrogen-bond donors (Lipinski definition) is 1. The number of aromatic nitrogens is 2. The third-order valence-corrected chi connectivity index (χ3v) is 7.64. The molecule has 3 atom stereocenters. The van der Waals surface area contributed by atoms with Crippen LogP contribution in [0.2, 0.25) is 5.02 Å². The smallest absolute Gasteiger partial charge is 0.410 e. The van der Waals surface area contributed by atoms with Gasteiger partial charge < -0.3 is 24.1 Å². The van der Waals surface area contributed by atoms with Crippen molar-refractivity contribution in [2.24, 2.45) is 5.92 Å². The van der Waals surface area contributed by atoms with Crippen molar-refractivity contribution in [2.45, 2.75) is 76.0 Å². The fraction of sp³-hybridized carbons (Fsp3) is 0.600. The van der Waals surface area contributed by atoms with Gasteiger partial charge in [-0.1, -0.05) is 11.6 Å². The van der Waals surface area contributed by atoms with Crippen LogP contribution in [-0.4, -0.2) is 57.4 Å². The maximum absolute atomic E-state index is 13.6. The molecule has 1 saturated heterocycles. The van der Waals surface area contributed by atoms with Crippen LogP contribution in [0.3, 0.4) is 0 Å². The number of nitrogens with zero attached hydrogens (tertiary/aromatic N) is 3. The van der Waals surface area contributed by atoms with Crippen LogP contribution < -0.4 is 10.1 Å². The summed E-state index contributed by atoms with van der Waals surface area (Å²) in [7, 11) is 0. The zero-order valence-electron chi connectivity index (χ0n) is 20.7. The number of carbonyl (C=O) groups excluding carboxylic acids is 2. The number of nitrogens with one attached hydrogen (secondary N) is 1. The normalized spacial score (nSPS) is 28.8. The Morgan fingerprint density at radius 1 is 1.22 bits per heavy atom. The van der Waals surface area contributed by atoms with Gasteiger partial charge in [0, 0.05) is 30.1 Å². The topological polar surface area (TPSA) is 107 Å². The number of fused-ring (bicyclic) bond motifs is 1. The summed E-state index contributed by atoms with van der Waals surface area (Å²) in [5.74, 6) is 0.912. The van der Waals surface area contributed by atoms with Crippen LogP contribution in [0.5, 0.6) is 5.75 Å². The van der Waals surface area contributed by atoms with Crippen LogP contribution in [-0.2, 0) is 9.53 Å². The predicted octanol–water partition coefficient (Wildman–Crippen LogP) is 4.42. The molecule has 6 rings (SSSR count). The van der Waals surface area contributed by atoms with E-state index < -0.39 is 11.4 Å². The number of halogens is 2. The van der Waals surface area contributed by atoms with Gasteiger partial charge in [0.2, 0.25) is 11.8 Å². The van der Waals surface area contributed by atoms with E-state index in [1.807, 2.05) is 27.7 Å². The van der Waals surface area contributed by atoms with Crippen molar-refractivity contribution in [1.29, 1.82) is 0 Å². The molecule has 2 amide bonds. The van der Waals surface area contributed by atoms with Gasteiger partial charge in [0.05, 0.1) is 10.9 Å². The zero-order valence-corrected chi connectivity index (χ0v) is 21.5. The van der Waals surface area contributed by atoms with Crippen molar-refractivity contribution in [1.82, 2.24) is 20.4 Å². The Morgan fingerprint density at radius 3 is 2.56 bits per heavy atom.